The Hall–Kier alpha value is -4.49. The molecule has 0 N–H and O–H groups in total. The molecule has 7 nitrogen and oxygen atoms in total. The second-order valence-electron chi connectivity index (χ2n) is 13.8. The Morgan fingerprint density at radius 2 is 0.854 bits per heavy atom. The van der Waals surface area contributed by atoms with Gasteiger partial charge in [-0.1, -0.05) is 63.1 Å². The first-order chi connectivity index (χ1) is 22.9. The predicted molar refractivity (Wildman–Crippen MR) is 183 cm³/mol. The van der Waals surface area contributed by atoms with Crippen molar-refractivity contribution in [3.63, 3.8) is 0 Å². The van der Waals surface area contributed by atoms with E-state index in [1.54, 1.807) is 0 Å². The molecule has 0 saturated heterocycles. The zero-order valence-electron chi connectivity index (χ0n) is 28.9. The topological polar surface area (TPSA) is 94.1 Å². The fourth-order valence-corrected chi connectivity index (χ4v) is 8.84. The van der Waals surface area contributed by atoms with Crippen LogP contribution in [0.1, 0.15) is 110 Å². The van der Waals surface area contributed by atoms with Crippen LogP contribution >= 0.6 is 0 Å². The van der Waals surface area contributed by atoms with Gasteiger partial charge in [-0.15, -0.1) is 0 Å². The van der Waals surface area contributed by atoms with E-state index in [0.29, 0.717) is 18.4 Å². The first-order valence-electron chi connectivity index (χ1n) is 17.3. The average molecular weight is 645 g/mol. The molecule has 4 aliphatic carbocycles. The summed E-state index contributed by atoms with van der Waals surface area (Å²) in [6.07, 6.45) is 4.52. The zero-order chi connectivity index (χ0) is 35.0. The summed E-state index contributed by atoms with van der Waals surface area (Å²) in [4.78, 5) is 70.0. The van der Waals surface area contributed by atoms with Crippen molar-refractivity contribution in [1.29, 1.82) is 0 Å². The van der Waals surface area contributed by atoms with Crippen LogP contribution in [-0.4, -0.2) is 28.9 Å². The third kappa shape index (κ3) is 5.89. The van der Waals surface area contributed by atoms with Crippen LogP contribution in [-0.2, 0) is 49.7 Å². The van der Waals surface area contributed by atoms with Crippen molar-refractivity contribution < 1.29 is 24.0 Å². The number of hydrogen-bond acceptors (Lipinski definition) is 5. The van der Waals surface area contributed by atoms with Crippen molar-refractivity contribution in [2.75, 3.05) is 0 Å². The Morgan fingerprint density at radius 1 is 0.562 bits per heavy atom. The van der Waals surface area contributed by atoms with Crippen molar-refractivity contribution in [2.45, 2.75) is 105 Å². The molecular weight excluding hydrogens is 600 g/mol. The SMILES string of the molecule is CCc1cc(C)cc(CC)c1C1C(=O)C2CC(=O)CC2C1=O.[C-]#[N+]C([N+]#[C-])=C1CC2C(=O)C(c3c(CC)cc(C)cc3CC)C(=O)C2C1. The van der Waals surface area contributed by atoms with E-state index in [1.165, 1.54) is 5.56 Å². The molecule has 0 heterocycles. The molecular formula is C41H44N2O5. The van der Waals surface area contributed by atoms with Gasteiger partial charge in [-0.2, -0.15) is 9.69 Å². The quantitative estimate of drug-likeness (QED) is 0.242. The van der Waals surface area contributed by atoms with Gasteiger partial charge in [-0.25, -0.2) is 0 Å². The molecule has 0 amide bonds. The Labute approximate surface area is 283 Å². The third-order valence-corrected chi connectivity index (χ3v) is 11.0. The van der Waals surface area contributed by atoms with Crippen LogP contribution in [0.5, 0.6) is 0 Å². The molecule has 6 rings (SSSR count). The summed E-state index contributed by atoms with van der Waals surface area (Å²) in [5.41, 5.74) is 9.26. The summed E-state index contributed by atoms with van der Waals surface area (Å²) >= 11 is 0. The summed E-state index contributed by atoms with van der Waals surface area (Å²) in [6.45, 7) is 26.6. The van der Waals surface area contributed by atoms with Gasteiger partial charge in [-0.05, 0) is 85.8 Å². The van der Waals surface area contributed by atoms with Gasteiger partial charge in [0, 0.05) is 42.1 Å². The molecule has 4 unspecified atom stereocenters. The second-order valence-corrected chi connectivity index (χ2v) is 13.8. The van der Waals surface area contributed by atoms with E-state index in [0.717, 1.165) is 64.6 Å². The summed E-state index contributed by atoms with van der Waals surface area (Å²) in [5.74, 6) is -2.72. The summed E-state index contributed by atoms with van der Waals surface area (Å²) in [7, 11) is 0. The van der Waals surface area contributed by atoms with E-state index in [1.807, 2.05) is 13.8 Å². The summed E-state index contributed by atoms with van der Waals surface area (Å²) in [6, 6.07) is 8.36. The molecule has 48 heavy (non-hydrogen) atoms. The number of carbonyl (C=O) groups excluding carboxylic acids is 5. The highest BCUT2D eigenvalue weighted by Crippen LogP contribution is 2.50. The standard InChI is InChI=1S/C22H22N2O2.C19H22O3/c1-6-13-8-12(3)9-14(7-2)18(13)19-20(25)16-10-15(22(23-4)24-5)11-17(16)21(19)26;1-4-11-6-10(3)7-12(5-2)16(11)17-18(21)14-8-13(20)9-15(14)19(17)22/h8-9,16-17,19H,6-7,10-11H2,1-3H3;6-7,14-15,17H,4-5,8-9H2,1-3H3. The van der Waals surface area contributed by atoms with Crippen molar-refractivity contribution >= 4 is 28.9 Å². The summed E-state index contributed by atoms with van der Waals surface area (Å²) < 4.78 is 0. The van der Waals surface area contributed by atoms with Crippen molar-refractivity contribution in [2.24, 2.45) is 23.7 Å². The number of nitrogens with zero attached hydrogens (tertiary/aromatic N) is 2. The van der Waals surface area contributed by atoms with Gasteiger partial charge in [0.2, 0.25) is 0 Å². The minimum Gasteiger partial charge on any atom is -0.300 e. The molecule has 4 fully saturated rings. The molecule has 0 aromatic heterocycles. The van der Waals surface area contributed by atoms with Gasteiger partial charge < -0.3 is 0 Å². The number of benzene rings is 2. The molecule has 2 aromatic rings. The maximum Gasteiger partial charge on any atom is 0.518 e. The third-order valence-electron chi connectivity index (χ3n) is 11.0. The number of carbonyl (C=O) groups is 5. The molecule has 0 radical (unpaired) electrons. The molecule has 7 heteroatoms. The van der Waals surface area contributed by atoms with Crippen LogP contribution < -0.4 is 0 Å². The van der Waals surface area contributed by atoms with Crippen LogP contribution in [0, 0.1) is 50.7 Å². The van der Waals surface area contributed by atoms with E-state index in [4.69, 9.17) is 13.1 Å². The lowest BCUT2D eigenvalue weighted by Gasteiger charge is -2.19. The lowest BCUT2D eigenvalue weighted by molar-refractivity contribution is -0.128. The van der Waals surface area contributed by atoms with E-state index >= 15 is 0 Å². The smallest absolute Gasteiger partial charge is 0.300 e. The molecule has 0 bridgehead atoms. The van der Waals surface area contributed by atoms with Crippen LogP contribution in [0.2, 0.25) is 0 Å². The van der Waals surface area contributed by atoms with Crippen LogP contribution in [0.3, 0.4) is 0 Å². The maximum atomic E-state index is 13.2. The van der Waals surface area contributed by atoms with Crippen LogP contribution in [0.25, 0.3) is 9.69 Å². The number of Topliss-reactive ketones (excluding diaryl/α,β-unsaturated/α-hetero) is 5. The van der Waals surface area contributed by atoms with Crippen molar-refractivity contribution in [3.05, 3.63) is 103 Å². The Bertz CT molecular complexity index is 1730. The maximum absolute atomic E-state index is 13.2. The van der Waals surface area contributed by atoms with Crippen molar-refractivity contribution in [1.82, 2.24) is 0 Å². The minimum atomic E-state index is -0.665. The van der Waals surface area contributed by atoms with Gasteiger partial charge in [0.1, 0.15) is 30.8 Å². The highest BCUT2D eigenvalue weighted by Gasteiger charge is 2.56. The Kier molecular flexibility index (Phi) is 10.1. The monoisotopic (exact) mass is 644 g/mol. The lowest BCUT2D eigenvalue weighted by atomic mass is 9.83. The molecule has 0 spiro atoms. The predicted octanol–water partition coefficient (Wildman–Crippen LogP) is 7.38. The summed E-state index contributed by atoms with van der Waals surface area (Å²) in [5, 5.41) is 0. The number of ketones is 5. The van der Waals surface area contributed by atoms with Gasteiger partial charge in [0.05, 0.1) is 0 Å². The Balaban J connectivity index is 0.000000190. The van der Waals surface area contributed by atoms with E-state index < -0.39 is 11.8 Å². The number of hydrogen-bond donors (Lipinski definition) is 0. The molecule has 4 atom stereocenters. The average Bonchev–Trinajstić information content (AvgIpc) is 3.80. The molecule has 4 saturated carbocycles. The van der Waals surface area contributed by atoms with Gasteiger partial charge in [0.15, 0.2) is 23.1 Å². The highest BCUT2D eigenvalue weighted by atomic mass is 16.2. The highest BCUT2D eigenvalue weighted by molar-refractivity contribution is 6.19. The fraction of sp³-hybridized carbons (Fsp3) is 0.488. The number of fused-ring (bicyclic) bond motifs is 2. The van der Waals surface area contributed by atoms with Crippen LogP contribution in [0.15, 0.2) is 35.7 Å². The normalized spacial score (nSPS) is 25.8. The first-order valence-corrected chi connectivity index (χ1v) is 17.3. The zero-order valence-corrected chi connectivity index (χ0v) is 28.9. The van der Waals surface area contributed by atoms with Crippen LogP contribution in [0.4, 0.5) is 0 Å². The molecule has 0 aliphatic heterocycles. The first kappa shape index (κ1) is 34.8. The Morgan fingerprint density at radius 3 is 1.12 bits per heavy atom. The van der Waals surface area contributed by atoms with E-state index in [9.17, 15) is 24.0 Å². The lowest BCUT2D eigenvalue weighted by Crippen LogP contribution is -2.20. The van der Waals surface area contributed by atoms with E-state index in [-0.39, 0.29) is 71.3 Å². The molecule has 2 aromatic carbocycles. The van der Waals surface area contributed by atoms with E-state index in [2.05, 4.69) is 61.7 Å². The largest absolute Gasteiger partial charge is 0.518 e. The van der Waals surface area contributed by atoms with Gasteiger partial charge in [0.25, 0.3) is 0 Å². The fourth-order valence-electron chi connectivity index (χ4n) is 8.84. The van der Waals surface area contributed by atoms with Gasteiger partial charge >= 0.3 is 5.82 Å². The second kappa shape index (κ2) is 13.9. The van der Waals surface area contributed by atoms with Gasteiger partial charge in [-0.3, -0.25) is 24.0 Å². The van der Waals surface area contributed by atoms with Crippen molar-refractivity contribution in [3.8, 4) is 0 Å². The molecule has 4 aliphatic rings. The number of allylic oxidation sites excluding steroid dienone is 1. The molecule has 248 valence electrons. The number of aryl methyl sites for hydroxylation is 6. The minimum absolute atomic E-state index is 0.0161. The number of rotatable bonds is 6.